The van der Waals surface area contributed by atoms with Crippen LogP contribution in [-0.2, 0) is 4.79 Å². The van der Waals surface area contributed by atoms with Crippen LogP contribution in [0.1, 0.15) is 32.3 Å². The van der Waals surface area contributed by atoms with Crippen LogP contribution in [0.2, 0.25) is 0 Å². The number of aliphatic carboxylic acids is 1. The maximum absolute atomic E-state index is 11.8. The van der Waals surface area contributed by atoms with Gasteiger partial charge in [0.05, 0.1) is 12.5 Å². The highest BCUT2D eigenvalue weighted by Crippen LogP contribution is 2.18. The third-order valence-electron chi connectivity index (χ3n) is 3.51. The zero-order chi connectivity index (χ0) is 17.4. The molecule has 0 saturated heterocycles. The number of rotatable bonds is 8. The molecule has 1 aromatic rings. The zero-order valence-corrected chi connectivity index (χ0v) is 14.2. The van der Waals surface area contributed by atoms with Gasteiger partial charge in [0.1, 0.15) is 12.4 Å². The van der Waals surface area contributed by atoms with Crippen molar-refractivity contribution in [3.05, 3.63) is 29.8 Å². The highest BCUT2D eigenvalue weighted by Gasteiger charge is 2.16. The number of benzene rings is 1. The summed E-state index contributed by atoms with van der Waals surface area (Å²) < 4.78 is 5.56. The molecule has 1 atom stereocenters. The summed E-state index contributed by atoms with van der Waals surface area (Å²) in [7, 11) is 1.57. The van der Waals surface area contributed by atoms with Crippen molar-refractivity contribution in [2.45, 2.75) is 26.7 Å². The average Bonchev–Trinajstić information content (AvgIpc) is 2.51. The van der Waals surface area contributed by atoms with E-state index in [0.29, 0.717) is 19.1 Å². The van der Waals surface area contributed by atoms with E-state index in [1.54, 1.807) is 14.0 Å². The number of carboxylic acids is 1. The minimum absolute atomic E-state index is 0.165. The van der Waals surface area contributed by atoms with Crippen LogP contribution in [0.3, 0.4) is 0 Å². The van der Waals surface area contributed by atoms with E-state index in [2.05, 4.69) is 19.2 Å². The summed E-state index contributed by atoms with van der Waals surface area (Å²) in [5.74, 6) is -0.275. The predicted molar refractivity (Wildman–Crippen MR) is 88.9 cm³/mol. The lowest BCUT2D eigenvalue weighted by Gasteiger charge is -2.20. The molecule has 1 aromatic carbocycles. The molecule has 128 valence electrons. The van der Waals surface area contributed by atoms with E-state index in [9.17, 15) is 9.59 Å². The van der Waals surface area contributed by atoms with Gasteiger partial charge in [0.25, 0.3) is 0 Å². The van der Waals surface area contributed by atoms with Gasteiger partial charge >= 0.3 is 12.0 Å². The van der Waals surface area contributed by atoms with Gasteiger partial charge in [0, 0.05) is 13.6 Å². The molecular weight excluding hydrogens is 296 g/mol. The number of amides is 2. The van der Waals surface area contributed by atoms with Gasteiger partial charge in [-0.25, -0.2) is 4.79 Å². The molecule has 23 heavy (non-hydrogen) atoms. The first kappa shape index (κ1) is 18.8. The first-order valence-electron chi connectivity index (χ1n) is 7.75. The van der Waals surface area contributed by atoms with E-state index in [4.69, 9.17) is 9.84 Å². The molecule has 1 rings (SSSR count). The second kappa shape index (κ2) is 9.02. The minimum Gasteiger partial charge on any atom is -0.492 e. The second-order valence-corrected chi connectivity index (χ2v) is 5.92. The standard InChI is InChI=1S/C17H26N2O4/c1-12(2)14-5-7-15(8-6-14)23-10-9-18-17(22)19(4)11-13(3)16(20)21/h5-8,12-13H,9-11H2,1-4H3,(H,18,22)(H,20,21). The number of ether oxygens (including phenoxy) is 1. The fraction of sp³-hybridized carbons (Fsp3) is 0.529. The summed E-state index contributed by atoms with van der Waals surface area (Å²) in [5, 5.41) is 11.5. The fourth-order valence-electron chi connectivity index (χ4n) is 1.98. The Kier molecular flexibility index (Phi) is 7.38. The number of nitrogens with one attached hydrogen (secondary N) is 1. The van der Waals surface area contributed by atoms with Gasteiger partial charge in [-0.05, 0) is 23.6 Å². The number of hydrogen-bond donors (Lipinski definition) is 2. The number of nitrogens with zero attached hydrogens (tertiary/aromatic N) is 1. The monoisotopic (exact) mass is 322 g/mol. The molecule has 0 fully saturated rings. The quantitative estimate of drug-likeness (QED) is 0.721. The smallest absolute Gasteiger partial charge is 0.317 e. The predicted octanol–water partition coefficient (Wildman–Crippen LogP) is 2.55. The highest BCUT2D eigenvalue weighted by molar-refractivity contribution is 5.75. The molecule has 0 spiro atoms. The van der Waals surface area contributed by atoms with Crippen molar-refractivity contribution in [2.24, 2.45) is 5.92 Å². The maximum atomic E-state index is 11.8. The van der Waals surface area contributed by atoms with Crippen molar-refractivity contribution in [1.82, 2.24) is 10.2 Å². The zero-order valence-electron chi connectivity index (χ0n) is 14.2. The summed E-state index contributed by atoms with van der Waals surface area (Å²) >= 11 is 0. The number of urea groups is 1. The molecule has 0 aromatic heterocycles. The van der Waals surface area contributed by atoms with Gasteiger partial charge in [0.2, 0.25) is 0 Å². The lowest BCUT2D eigenvalue weighted by molar-refractivity contribution is -0.141. The Morgan fingerprint density at radius 1 is 1.22 bits per heavy atom. The molecule has 0 aliphatic heterocycles. The van der Waals surface area contributed by atoms with Gasteiger partial charge in [-0.1, -0.05) is 32.9 Å². The van der Waals surface area contributed by atoms with Gasteiger partial charge in [-0.2, -0.15) is 0 Å². The number of carboxylic acid groups (broad SMARTS) is 1. The summed E-state index contributed by atoms with van der Waals surface area (Å²) in [6, 6.07) is 7.58. The summed E-state index contributed by atoms with van der Waals surface area (Å²) in [4.78, 5) is 23.9. The van der Waals surface area contributed by atoms with Crippen LogP contribution in [0, 0.1) is 5.92 Å². The van der Waals surface area contributed by atoms with Crippen LogP contribution >= 0.6 is 0 Å². The number of carbonyl (C=O) groups is 2. The SMILES string of the molecule is CC(CN(C)C(=O)NCCOc1ccc(C(C)C)cc1)C(=O)O. The second-order valence-electron chi connectivity index (χ2n) is 5.92. The van der Waals surface area contributed by atoms with Gasteiger partial charge in [-0.3, -0.25) is 4.79 Å². The van der Waals surface area contributed by atoms with Gasteiger partial charge in [-0.15, -0.1) is 0 Å². The van der Waals surface area contributed by atoms with Crippen LogP contribution in [0.25, 0.3) is 0 Å². The highest BCUT2D eigenvalue weighted by atomic mass is 16.5. The van der Waals surface area contributed by atoms with Crippen molar-refractivity contribution >= 4 is 12.0 Å². The van der Waals surface area contributed by atoms with E-state index >= 15 is 0 Å². The van der Waals surface area contributed by atoms with Crippen LogP contribution in [-0.4, -0.2) is 48.8 Å². The molecule has 1 unspecified atom stereocenters. The van der Waals surface area contributed by atoms with Crippen LogP contribution in [0.5, 0.6) is 5.75 Å². The third kappa shape index (κ3) is 6.59. The Hall–Kier alpha value is -2.24. The normalized spacial score (nSPS) is 11.9. The first-order valence-corrected chi connectivity index (χ1v) is 7.75. The topological polar surface area (TPSA) is 78.9 Å². The van der Waals surface area contributed by atoms with E-state index in [1.165, 1.54) is 10.5 Å². The summed E-state index contributed by atoms with van der Waals surface area (Å²) in [6.45, 7) is 6.71. The lowest BCUT2D eigenvalue weighted by Crippen LogP contribution is -2.42. The third-order valence-corrected chi connectivity index (χ3v) is 3.51. The first-order chi connectivity index (χ1) is 10.8. The molecule has 0 aliphatic rings. The van der Waals surface area contributed by atoms with E-state index in [-0.39, 0.29) is 12.6 Å². The fourth-order valence-corrected chi connectivity index (χ4v) is 1.98. The molecule has 0 heterocycles. The summed E-state index contributed by atoms with van der Waals surface area (Å²) in [6.07, 6.45) is 0. The van der Waals surface area contributed by atoms with Crippen molar-refractivity contribution in [3.63, 3.8) is 0 Å². The average molecular weight is 322 g/mol. The number of hydrogen-bond acceptors (Lipinski definition) is 3. The van der Waals surface area contributed by atoms with Crippen LogP contribution in [0.4, 0.5) is 4.79 Å². The molecule has 0 bridgehead atoms. The van der Waals surface area contributed by atoms with E-state index < -0.39 is 11.9 Å². The molecule has 6 nitrogen and oxygen atoms in total. The Morgan fingerprint density at radius 3 is 2.35 bits per heavy atom. The Labute approximate surface area is 137 Å². The summed E-state index contributed by atoms with van der Waals surface area (Å²) in [5.41, 5.74) is 1.25. The molecule has 0 radical (unpaired) electrons. The Bertz CT molecular complexity index is 514. The van der Waals surface area contributed by atoms with E-state index in [0.717, 1.165) is 5.75 Å². The van der Waals surface area contributed by atoms with Gasteiger partial charge in [0.15, 0.2) is 0 Å². The van der Waals surface area contributed by atoms with Crippen LogP contribution < -0.4 is 10.1 Å². The molecule has 6 heteroatoms. The van der Waals surface area contributed by atoms with E-state index in [1.807, 2.05) is 24.3 Å². The number of carbonyl (C=O) groups excluding carboxylic acids is 1. The van der Waals surface area contributed by atoms with Crippen molar-refractivity contribution in [3.8, 4) is 5.75 Å². The van der Waals surface area contributed by atoms with Gasteiger partial charge < -0.3 is 20.1 Å². The molecule has 2 N–H and O–H groups in total. The van der Waals surface area contributed by atoms with Crippen LogP contribution in [0.15, 0.2) is 24.3 Å². The molecule has 0 saturated carbocycles. The molecule has 0 aliphatic carbocycles. The van der Waals surface area contributed by atoms with Crippen molar-refractivity contribution in [1.29, 1.82) is 0 Å². The van der Waals surface area contributed by atoms with Crippen molar-refractivity contribution in [2.75, 3.05) is 26.7 Å². The van der Waals surface area contributed by atoms with Crippen molar-refractivity contribution < 1.29 is 19.4 Å². The Balaban J connectivity index is 2.28. The minimum atomic E-state index is -0.919. The largest absolute Gasteiger partial charge is 0.492 e. The molecular formula is C17H26N2O4. The lowest BCUT2D eigenvalue weighted by atomic mass is 10.0. The molecule has 2 amide bonds. The maximum Gasteiger partial charge on any atom is 0.317 e. The Morgan fingerprint density at radius 2 is 1.83 bits per heavy atom.